The van der Waals surface area contributed by atoms with Crippen LogP contribution in [-0.2, 0) is 16.0 Å². The Kier molecular flexibility index (Phi) is 6.38. The maximum Gasteiger partial charge on any atom is 0.419 e. The number of H-pyrrole nitrogens is 1. The van der Waals surface area contributed by atoms with Gasteiger partial charge in [0.05, 0.1) is 34.3 Å². The average Bonchev–Trinajstić information content (AvgIpc) is 3.26. The Hall–Kier alpha value is -4.27. The van der Waals surface area contributed by atoms with Crippen LogP contribution in [0.3, 0.4) is 0 Å². The molecule has 0 unspecified atom stereocenters. The molecule has 1 aliphatic heterocycles. The Morgan fingerprint density at radius 1 is 1.00 bits per heavy atom. The van der Waals surface area contributed by atoms with Gasteiger partial charge >= 0.3 is 6.18 Å². The number of carbonyl (C=O) groups excluding carboxylic acids is 1. The van der Waals surface area contributed by atoms with Crippen LogP contribution in [0.15, 0.2) is 48.8 Å². The van der Waals surface area contributed by atoms with Crippen molar-refractivity contribution in [3.05, 3.63) is 65.7 Å². The zero-order valence-electron chi connectivity index (χ0n) is 19.4. The van der Waals surface area contributed by atoms with Crippen LogP contribution in [0.5, 0.6) is 0 Å². The number of imidazole rings is 1. The molecule has 1 aromatic carbocycles. The molecule has 0 radical (unpaired) electrons. The zero-order valence-corrected chi connectivity index (χ0v) is 20.2. The number of benzene rings is 1. The number of nitrogens with zero attached hydrogens (tertiary/aromatic N) is 4. The first kappa shape index (κ1) is 25.4. The molecule has 3 N–H and O–H groups in total. The minimum absolute atomic E-state index is 0.00329. The number of carbonyl (C=O) groups is 1. The van der Waals surface area contributed by atoms with Crippen molar-refractivity contribution in [2.24, 2.45) is 0 Å². The fourth-order valence-electron chi connectivity index (χ4n) is 3.86. The van der Waals surface area contributed by atoms with Crippen molar-refractivity contribution in [1.29, 1.82) is 0 Å². The Balaban J connectivity index is 1.31. The molecule has 1 amide bonds. The second-order valence-electron chi connectivity index (χ2n) is 8.49. The van der Waals surface area contributed by atoms with Crippen LogP contribution in [0.4, 0.5) is 40.8 Å². The molecule has 4 aromatic rings. The molecule has 1 aliphatic rings. The number of nitrogens with one attached hydrogen (secondary N) is 3. The quantitative estimate of drug-likeness (QED) is 0.320. The van der Waals surface area contributed by atoms with Crippen molar-refractivity contribution in [2.75, 3.05) is 35.2 Å². The Morgan fingerprint density at radius 2 is 1.74 bits per heavy atom. The van der Waals surface area contributed by atoms with Crippen LogP contribution < -0.4 is 10.6 Å². The number of aromatic amines is 1. The number of hydrogen-bond donors (Lipinski definition) is 3. The summed E-state index contributed by atoms with van der Waals surface area (Å²) in [6.45, 7) is 0.239. The maximum absolute atomic E-state index is 13.6. The Bertz CT molecular complexity index is 1630. The van der Waals surface area contributed by atoms with Gasteiger partial charge in [-0.15, -0.1) is 0 Å². The van der Waals surface area contributed by atoms with E-state index in [1.165, 1.54) is 35.5 Å². The van der Waals surface area contributed by atoms with E-state index in [1.807, 2.05) is 0 Å². The Morgan fingerprint density at radius 3 is 2.47 bits per heavy atom. The highest BCUT2D eigenvalue weighted by Gasteiger charge is 2.34. The molecule has 10 nitrogen and oxygen atoms in total. The first-order chi connectivity index (χ1) is 18.0. The van der Waals surface area contributed by atoms with Crippen molar-refractivity contribution < 1.29 is 30.8 Å². The SMILES string of the molecule is O=C(c1ccnc(Nc2nc3cc(Nc4ccc(F)c(C(F)(F)F)c4)ncc3[nH]2)c1)N1CCS(=O)(=O)CC1. The predicted molar refractivity (Wildman–Crippen MR) is 131 cm³/mol. The van der Waals surface area contributed by atoms with Gasteiger partial charge < -0.3 is 20.5 Å². The molecule has 3 aromatic heterocycles. The van der Waals surface area contributed by atoms with E-state index in [4.69, 9.17) is 0 Å². The van der Waals surface area contributed by atoms with Gasteiger partial charge in [-0.05, 0) is 30.3 Å². The van der Waals surface area contributed by atoms with Gasteiger partial charge in [0.25, 0.3) is 5.91 Å². The molecule has 0 aliphatic carbocycles. The van der Waals surface area contributed by atoms with E-state index in [0.29, 0.717) is 28.5 Å². The molecule has 1 fully saturated rings. The van der Waals surface area contributed by atoms with Crippen molar-refractivity contribution in [2.45, 2.75) is 6.18 Å². The van der Waals surface area contributed by atoms with E-state index in [0.717, 1.165) is 12.1 Å². The molecule has 198 valence electrons. The third-order valence-corrected chi connectivity index (χ3v) is 7.41. The van der Waals surface area contributed by atoms with E-state index in [-0.39, 0.29) is 48.0 Å². The highest BCUT2D eigenvalue weighted by molar-refractivity contribution is 7.91. The molecule has 0 atom stereocenters. The summed E-state index contributed by atoms with van der Waals surface area (Å²) < 4.78 is 75.8. The summed E-state index contributed by atoms with van der Waals surface area (Å²) in [6.07, 6.45) is -1.99. The standard InChI is InChI=1S/C23H19F4N7O3S/c24-16-2-1-14(10-15(16)23(25,26)27)30-20-11-17-18(12-29-20)32-22(31-17)33-19-9-13(3-4-28-19)21(35)34-5-7-38(36,37)8-6-34/h1-4,9-12H,5-8H2,(H,29,30)(H2,28,31,32,33). The second-order valence-corrected chi connectivity index (χ2v) is 10.8. The predicted octanol–water partition coefficient (Wildman–Crippen LogP) is 3.87. The lowest BCUT2D eigenvalue weighted by molar-refractivity contribution is -0.139. The van der Waals surface area contributed by atoms with E-state index >= 15 is 0 Å². The fraction of sp³-hybridized carbons (Fsp3) is 0.217. The maximum atomic E-state index is 13.6. The summed E-state index contributed by atoms with van der Waals surface area (Å²) in [6, 6.07) is 7.07. The molecule has 5 rings (SSSR count). The van der Waals surface area contributed by atoms with Crippen LogP contribution in [0.25, 0.3) is 11.0 Å². The highest BCUT2D eigenvalue weighted by Crippen LogP contribution is 2.33. The number of pyridine rings is 2. The van der Waals surface area contributed by atoms with Crippen LogP contribution >= 0.6 is 0 Å². The second kappa shape index (κ2) is 9.55. The fourth-order valence-corrected chi connectivity index (χ4v) is 5.06. The smallest absolute Gasteiger partial charge is 0.340 e. The summed E-state index contributed by atoms with van der Waals surface area (Å²) in [7, 11) is -3.12. The van der Waals surface area contributed by atoms with Crippen molar-refractivity contribution in [3.63, 3.8) is 0 Å². The van der Waals surface area contributed by atoms with Gasteiger partial charge in [0.2, 0.25) is 5.95 Å². The van der Waals surface area contributed by atoms with Crippen molar-refractivity contribution in [1.82, 2.24) is 24.8 Å². The summed E-state index contributed by atoms with van der Waals surface area (Å²) in [5.74, 6) is -1.10. The van der Waals surface area contributed by atoms with Gasteiger partial charge in [-0.25, -0.2) is 27.8 Å². The number of halogens is 4. The number of anilines is 4. The topological polar surface area (TPSA) is 133 Å². The van der Waals surface area contributed by atoms with Gasteiger partial charge in [0, 0.05) is 36.6 Å². The van der Waals surface area contributed by atoms with Gasteiger partial charge in [-0.3, -0.25) is 4.79 Å². The van der Waals surface area contributed by atoms with Gasteiger partial charge in [0.15, 0.2) is 9.84 Å². The number of amides is 1. The first-order valence-electron chi connectivity index (χ1n) is 11.2. The molecule has 4 heterocycles. The normalized spacial score (nSPS) is 15.4. The van der Waals surface area contributed by atoms with E-state index in [9.17, 15) is 30.8 Å². The lowest BCUT2D eigenvalue weighted by atomic mass is 10.2. The molecular formula is C23H19F4N7O3S. The summed E-state index contributed by atoms with van der Waals surface area (Å²) in [5, 5.41) is 5.65. The minimum Gasteiger partial charge on any atom is -0.340 e. The average molecular weight is 550 g/mol. The molecule has 0 spiro atoms. The summed E-state index contributed by atoms with van der Waals surface area (Å²) in [4.78, 5) is 29.9. The van der Waals surface area contributed by atoms with Gasteiger partial charge in [-0.2, -0.15) is 13.2 Å². The van der Waals surface area contributed by atoms with Crippen molar-refractivity contribution >= 4 is 50.0 Å². The number of alkyl halides is 3. The summed E-state index contributed by atoms with van der Waals surface area (Å²) >= 11 is 0. The van der Waals surface area contributed by atoms with Crippen LogP contribution in [0, 0.1) is 5.82 Å². The molecule has 0 saturated carbocycles. The lowest BCUT2D eigenvalue weighted by Gasteiger charge is -2.26. The molecular weight excluding hydrogens is 530 g/mol. The van der Waals surface area contributed by atoms with Crippen LogP contribution in [0.2, 0.25) is 0 Å². The van der Waals surface area contributed by atoms with Crippen LogP contribution in [0.1, 0.15) is 15.9 Å². The lowest BCUT2D eigenvalue weighted by Crippen LogP contribution is -2.43. The van der Waals surface area contributed by atoms with Crippen molar-refractivity contribution in [3.8, 4) is 0 Å². The largest absolute Gasteiger partial charge is 0.419 e. The molecule has 15 heteroatoms. The van der Waals surface area contributed by atoms with E-state index in [1.54, 1.807) is 0 Å². The molecule has 38 heavy (non-hydrogen) atoms. The van der Waals surface area contributed by atoms with E-state index < -0.39 is 27.4 Å². The number of sulfone groups is 1. The third-order valence-electron chi connectivity index (χ3n) is 5.80. The minimum atomic E-state index is -4.84. The Labute approximate surface area is 213 Å². The highest BCUT2D eigenvalue weighted by atomic mass is 32.2. The number of hydrogen-bond acceptors (Lipinski definition) is 8. The number of rotatable bonds is 5. The summed E-state index contributed by atoms with van der Waals surface area (Å²) in [5.41, 5.74) is -0.145. The first-order valence-corrected chi connectivity index (χ1v) is 13.0. The monoisotopic (exact) mass is 549 g/mol. The number of fused-ring (bicyclic) bond motifs is 1. The zero-order chi connectivity index (χ0) is 27.1. The van der Waals surface area contributed by atoms with Gasteiger partial charge in [-0.1, -0.05) is 0 Å². The molecule has 0 bridgehead atoms. The van der Waals surface area contributed by atoms with E-state index in [2.05, 4.69) is 30.6 Å². The number of aromatic nitrogens is 4. The van der Waals surface area contributed by atoms with Gasteiger partial charge in [0.1, 0.15) is 17.5 Å². The van der Waals surface area contributed by atoms with Crippen LogP contribution in [-0.4, -0.2) is 63.8 Å². The molecule has 1 saturated heterocycles. The third kappa shape index (κ3) is 5.51.